The highest BCUT2D eigenvalue weighted by Gasteiger charge is 2.32. The molecule has 0 aliphatic heterocycles. The number of hydrogen-bond acceptors (Lipinski definition) is 4. The summed E-state index contributed by atoms with van der Waals surface area (Å²) < 4.78 is 34.7. The Morgan fingerprint density at radius 2 is 2.03 bits per heavy atom. The molecule has 0 heterocycles. The molecular weight excluding hydrogens is 497 g/mol. The molecule has 164 valence electrons. The molecule has 1 saturated carbocycles. The van der Waals surface area contributed by atoms with E-state index in [0.717, 1.165) is 18.4 Å². The summed E-state index contributed by atoms with van der Waals surface area (Å²) in [5, 5.41) is 9.11. The van der Waals surface area contributed by atoms with Crippen molar-refractivity contribution in [2.24, 2.45) is 10.9 Å². The first-order valence-electron chi connectivity index (χ1n) is 9.35. The summed E-state index contributed by atoms with van der Waals surface area (Å²) in [7, 11) is 1.62. The Bertz CT molecular complexity index is 687. The number of alkyl carbamates (subject to hydrolysis) is 1. The number of carbonyl (C=O) groups is 1. The maximum absolute atomic E-state index is 12.6. The Balaban J connectivity index is 0.00000420. The molecule has 29 heavy (non-hydrogen) atoms. The predicted octanol–water partition coefficient (Wildman–Crippen LogP) is 3.40. The van der Waals surface area contributed by atoms with Crippen LogP contribution in [-0.2, 0) is 11.3 Å². The Hall–Kier alpha value is -1.85. The highest BCUT2D eigenvalue weighted by atomic mass is 127. The van der Waals surface area contributed by atoms with Gasteiger partial charge in [0.25, 0.3) is 0 Å². The summed E-state index contributed by atoms with van der Waals surface area (Å²) in [5.41, 5.74) is 1.54. The normalized spacial score (nSPS) is 14.6. The zero-order valence-corrected chi connectivity index (χ0v) is 19.2. The molecule has 1 aliphatic carbocycles. The van der Waals surface area contributed by atoms with Gasteiger partial charge >= 0.3 is 12.7 Å². The SMILES string of the molecule is CCOC(=O)NC(CNC(=NC)NCc1cc(C)ccc1OC(F)F)C1CC1.I. The van der Waals surface area contributed by atoms with Crippen molar-refractivity contribution in [3.63, 3.8) is 0 Å². The smallest absolute Gasteiger partial charge is 0.407 e. The van der Waals surface area contributed by atoms with Crippen LogP contribution in [0.2, 0.25) is 0 Å². The van der Waals surface area contributed by atoms with Crippen LogP contribution in [0.3, 0.4) is 0 Å². The van der Waals surface area contributed by atoms with E-state index in [9.17, 15) is 13.6 Å². The fourth-order valence-corrected chi connectivity index (χ4v) is 2.82. The molecule has 0 aromatic heterocycles. The van der Waals surface area contributed by atoms with Gasteiger partial charge in [-0.1, -0.05) is 17.7 Å². The van der Waals surface area contributed by atoms with Gasteiger partial charge in [0.1, 0.15) is 5.75 Å². The molecule has 1 atom stereocenters. The molecule has 1 amide bonds. The number of aliphatic imine (C=N–C) groups is 1. The monoisotopic (exact) mass is 526 g/mol. The minimum atomic E-state index is -2.88. The van der Waals surface area contributed by atoms with Crippen LogP contribution >= 0.6 is 24.0 Å². The van der Waals surface area contributed by atoms with Crippen molar-refractivity contribution in [1.82, 2.24) is 16.0 Å². The van der Waals surface area contributed by atoms with Crippen LogP contribution in [0.4, 0.5) is 13.6 Å². The Morgan fingerprint density at radius 1 is 1.31 bits per heavy atom. The van der Waals surface area contributed by atoms with Gasteiger partial charge in [-0.3, -0.25) is 4.99 Å². The summed E-state index contributed by atoms with van der Waals surface area (Å²) in [6.07, 6.45) is 1.68. The molecule has 10 heteroatoms. The van der Waals surface area contributed by atoms with E-state index in [1.165, 1.54) is 6.07 Å². The fourth-order valence-electron chi connectivity index (χ4n) is 2.82. The lowest BCUT2D eigenvalue weighted by atomic mass is 10.1. The minimum absolute atomic E-state index is 0. The average Bonchev–Trinajstić information content (AvgIpc) is 3.47. The van der Waals surface area contributed by atoms with Crippen molar-refractivity contribution in [2.75, 3.05) is 20.2 Å². The molecular formula is C19H29F2IN4O3. The summed E-state index contributed by atoms with van der Waals surface area (Å²) in [5.74, 6) is 1.04. The third-order valence-corrected chi connectivity index (χ3v) is 4.36. The van der Waals surface area contributed by atoms with Gasteiger partial charge in [0.05, 0.1) is 12.6 Å². The topological polar surface area (TPSA) is 84.0 Å². The van der Waals surface area contributed by atoms with E-state index in [1.807, 2.05) is 6.92 Å². The van der Waals surface area contributed by atoms with Gasteiger partial charge in [-0.15, -0.1) is 24.0 Å². The molecule has 1 fully saturated rings. The lowest BCUT2D eigenvalue weighted by Gasteiger charge is -2.20. The average molecular weight is 526 g/mol. The Morgan fingerprint density at radius 3 is 2.62 bits per heavy atom. The second-order valence-electron chi connectivity index (χ2n) is 6.61. The fraction of sp³-hybridized carbons (Fsp3) is 0.579. The van der Waals surface area contributed by atoms with Gasteiger partial charge in [-0.2, -0.15) is 8.78 Å². The highest BCUT2D eigenvalue weighted by Crippen LogP contribution is 2.32. The molecule has 0 bridgehead atoms. The number of amides is 1. The van der Waals surface area contributed by atoms with Gasteiger partial charge in [-0.25, -0.2) is 4.79 Å². The predicted molar refractivity (Wildman–Crippen MR) is 118 cm³/mol. The second-order valence-corrected chi connectivity index (χ2v) is 6.61. The molecule has 3 N–H and O–H groups in total. The maximum Gasteiger partial charge on any atom is 0.407 e. The minimum Gasteiger partial charge on any atom is -0.450 e. The second kappa shape index (κ2) is 12.7. The largest absolute Gasteiger partial charge is 0.450 e. The number of alkyl halides is 2. The lowest BCUT2D eigenvalue weighted by Crippen LogP contribution is -2.48. The van der Waals surface area contributed by atoms with Gasteiger partial charge < -0.3 is 25.4 Å². The van der Waals surface area contributed by atoms with E-state index in [4.69, 9.17) is 4.74 Å². The van der Waals surface area contributed by atoms with E-state index < -0.39 is 12.7 Å². The van der Waals surface area contributed by atoms with Crippen molar-refractivity contribution in [2.45, 2.75) is 45.9 Å². The van der Waals surface area contributed by atoms with Crippen molar-refractivity contribution in [1.29, 1.82) is 0 Å². The van der Waals surface area contributed by atoms with Gasteiger partial charge in [0, 0.05) is 25.7 Å². The summed E-state index contributed by atoms with van der Waals surface area (Å²) in [6, 6.07) is 4.97. The molecule has 2 rings (SSSR count). The summed E-state index contributed by atoms with van der Waals surface area (Å²) in [6.45, 7) is 1.82. The molecule has 0 radical (unpaired) electrons. The molecule has 1 unspecified atom stereocenters. The van der Waals surface area contributed by atoms with Crippen LogP contribution in [0.15, 0.2) is 23.2 Å². The van der Waals surface area contributed by atoms with Crippen molar-refractivity contribution < 1.29 is 23.0 Å². The number of nitrogens with zero attached hydrogens (tertiary/aromatic N) is 1. The van der Waals surface area contributed by atoms with E-state index >= 15 is 0 Å². The quantitative estimate of drug-likeness (QED) is 0.261. The van der Waals surface area contributed by atoms with E-state index in [2.05, 4.69) is 25.7 Å². The van der Waals surface area contributed by atoms with Crippen LogP contribution in [0.5, 0.6) is 5.75 Å². The Kier molecular flexibility index (Phi) is 11.0. The zero-order chi connectivity index (χ0) is 20.5. The highest BCUT2D eigenvalue weighted by molar-refractivity contribution is 14.0. The maximum atomic E-state index is 12.6. The van der Waals surface area contributed by atoms with Crippen LogP contribution in [0.1, 0.15) is 30.9 Å². The molecule has 1 aromatic carbocycles. The van der Waals surface area contributed by atoms with Gasteiger partial charge in [-0.05, 0) is 38.7 Å². The van der Waals surface area contributed by atoms with Crippen LogP contribution in [0.25, 0.3) is 0 Å². The number of guanidine groups is 1. The van der Waals surface area contributed by atoms with E-state index in [-0.39, 0.29) is 42.3 Å². The third kappa shape index (κ3) is 9.01. The number of nitrogens with one attached hydrogen (secondary N) is 3. The standard InChI is InChI=1S/C19H28F2N4O3.HI/c1-4-27-19(26)25-15(13-6-7-13)11-24-18(22-3)23-10-14-9-12(2)5-8-16(14)28-17(20)21;/h5,8-9,13,15,17H,4,6-7,10-11H2,1-3H3,(H,25,26)(H2,22,23,24);1H. The van der Waals surface area contributed by atoms with Crippen molar-refractivity contribution >= 4 is 36.0 Å². The first kappa shape index (κ1) is 25.2. The van der Waals surface area contributed by atoms with Gasteiger partial charge in [0.2, 0.25) is 0 Å². The molecule has 0 saturated heterocycles. The number of rotatable bonds is 9. The van der Waals surface area contributed by atoms with E-state index in [1.54, 1.807) is 26.1 Å². The van der Waals surface area contributed by atoms with E-state index in [0.29, 0.717) is 30.6 Å². The summed E-state index contributed by atoms with van der Waals surface area (Å²) >= 11 is 0. The van der Waals surface area contributed by atoms with Crippen molar-refractivity contribution in [3.8, 4) is 5.75 Å². The number of hydrogen-bond donors (Lipinski definition) is 3. The number of ether oxygens (including phenoxy) is 2. The zero-order valence-electron chi connectivity index (χ0n) is 16.8. The molecule has 0 spiro atoms. The lowest BCUT2D eigenvalue weighted by molar-refractivity contribution is -0.0504. The number of halogens is 3. The molecule has 7 nitrogen and oxygen atoms in total. The summed E-state index contributed by atoms with van der Waals surface area (Å²) in [4.78, 5) is 15.8. The Labute approximate surface area is 187 Å². The van der Waals surface area contributed by atoms with Crippen LogP contribution < -0.4 is 20.7 Å². The number of carbonyl (C=O) groups excluding carboxylic acids is 1. The van der Waals surface area contributed by atoms with Crippen LogP contribution in [-0.4, -0.2) is 44.9 Å². The first-order chi connectivity index (χ1) is 13.4. The number of benzene rings is 1. The van der Waals surface area contributed by atoms with Crippen LogP contribution in [0, 0.1) is 12.8 Å². The van der Waals surface area contributed by atoms with Gasteiger partial charge in [0.15, 0.2) is 5.96 Å². The molecule has 1 aromatic rings. The third-order valence-electron chi connectivity index (χ3n) is 4.36. The van der Waals surface area contributed by atoms with Crippen molar-refractivity contribution in [3.05, 3.63) is 29.3 Å². The molecule has 1 aliphatic rings. The number of aryl methyl sites for hydroxylation is 1. The first-order valence-corrected chi connectivity index (χ1v) is 9.35.